The second-order valence-electron chi connectivity index (χ2n) is 4.68. The van der Waals surface area contributed by atoms with Crippen molar-refractivity contribution in [2.24, 2.45) is 0 Å². The lowest BCUT2D eigenvalue weighted by Gasteiger charge is -2.15. The first kappa shape index (κ1) is 15.0. The number of nitrogens with zero attached hydrogens (tertiary/aromatic N) is 2. The first-order valence-electron chi connectivity index (χ1n) is 6.41. The van der Waals surface area contributed by atoms with Crippen molar-refractivity contribution in [2.45, 2.75) is 39.7 Å². The van der Waals surface area contributed by atoms with Gasteiger partial charge in [-0.1, -0.05) is 20.8 Å². The molecular weight excluding hydrogens is 242 g/mol. The van der Waals surface area contributed by atoms with Crippen LogP contribution in [0.1, 0.15) is 44.4 Å². The first-order chi connectivity index (χ1) is 9.01. The molecule has 1 heterocycles. The van der Waals surface area contributed by atoms with E-state index in [2.05, 4.69) is 5.32 Å². The number of nitrogens with one attached hydrogen (secondary N) is 1. The molecule has 0 aliphatic heterocycles. The summed E-state index contributed by atoms with van der Waals surface area (Å²) < 4.78 is 1.38. The van der Waals surface area contributed by atoms with Gasteiger partial charge in [-0.05, 0) is 24.5 Å². The molecule has 1 rings (SSSR count). The molecule has 0 unspecified atom stereocenters. The van der Waals surface area contributed by atoms with Gasteiger partial charge in [-0.3, -0.25) is 9.59 Å². The highest BCUT2D eigenvalue weighted by molar-refractivity contribution is 5.75. The standard InChI is InChI=1S/C14H19N3O2/c1-4-7-16-13(18)9-17-12(10(2)3)6-5-11(8-15)14(17)19/h5-6,10H,4,7,9H2,1-3H3,(H,16,18). The minimum Gasteiger partial charge on any atom is -0.355 e. The molecule has 0 saturated carbocycles. The fraction of sp³-hybridized carbons (Fsp3) is 0.500. The van der Waals surface area contributed by atoms with Crippen molar-refractivity contribution in [3.63, 3.8) is 0 Å². The molecule has 0 fully saturated rings. The van der Waals surface area contributed by atoms with Gasteiger partial charge in [0.05, 0.1) is 0 Å². The molecule has 0 atom stereocenters. The number of pyridine rings is 1. The number of carbonyl (C=O) groups excluding carboxylic acids is 1. The Balaban J connectivity index is 3.13. The number of rotatable bonds is 5. The van der Waals surface area contributed by atoms with Gasteiger partial charge in [-0.15, -0.1) is 0 Å². The lowest BCUT2D eigenvalue weighted by atomic mass is 10.1. The van der Waals surface area contributed by atoms with Gasteiger partial charge >= 0.3 is 0 Å². The van der Waals surface area contributed by atoms with Crippen LogP contribution in [0.4, 0.5) is 0 Å². The molecule has 0 aliphatic carbocycles. The van der Waals surface area contributed by atoms with Gasteiger partial charge in [0.1, 0.15) is 18.2 Å². The Bertz CT molecular complexity index is 553. The molecule has 0 radical (unpaired) electrons. The van der Waals surface area contributed by atoms with Crippen molar-refractivity contribution in [3.8, 4) is 6.07 Å². The van der Waals surface area contributed by atoms with E-state index < -0.39 is 5.56 Å². The summed E-state index contributed by atoms with van der Waals surface area (Å²) in [7, 11) is 0. The molecular formula is C14H19N3O2. The summed E-state index contributed by atoms with van der Waals surface area (Å²) in [5.74, 6) is -0.0969. The van der Waals surface area contributed by atoms with Gasteiger partial charge in [0.25, 0.3) is 5.56 Å². The van der Waals surface area contributed by atoms with Crippen molar-refractivity contribution < 1.29 is 4.79 Å². The summed E-state index contributed by atoms with van der Waals surface area (Å²) in [5, 5.41) is 11.6. The van der Waals surface area contributed by atoms with Crippen LogP contribution in [0.15, 0.2) is 16.9 Å². The lowest BCUT2D eigenvalue weighted by Crippen LogP contribution is -2.35. The molecule has 19 heavy (non-hydrogen) atoms. The Labute approximate surface area is 112 Å². The largest absolute Gasteiger partial charge is 0.355 e. The van der Waals surface area contributed by atoms with Crippen molar-refractivity contribution in [2.75, 3.05) is 6.54 Å². The Morgan fingerprint density at radius 3 is 2.68 bits per heavy atom. The maximum absolute atomic E-state index is 12.1. The van der Waals surface area contributed by atoms with Crippen molar-refractivity contribution in [1.29, 1.82) is 5.26 Å². The van der Waals surface area contributed by atoms with Gasteiger partial charge in [-0.2, -0.15) is 5.26 Å². The van der Waals surface area contributed by atoms with Gasteiger partial charge < -0.3 is 9.88 Å². The summed E-state index contributed by atoms with van der Waals surface area (Å²) in [6, 6.07) is 5.10. The summed E-state index contributed by atoms with van der Waals surface area (Å²) in [6.07, 6.45) is 0.843. The molecule has 1 aromatic heterocycles. The Morgan fingerprint density at radius 1 is 1.47 bits per heavy atom. The van der Waals surface area contributed by atoms with Crippen LogP contribution in [0.2, 0.25) is 0 Å². The third-order valence-corrected chi connectivity index (χ3v) is 2.79. The van der Waals surface area contributed by atoms with Crippen LogP contribution in [0.5, 0.6) is 0 Å². The zero-order chi connectivity index (χ0) is 14.4. The highest BCUT2D eigenvalue weighted by Crippen LogP contribution is 2.12. The molecule has 0 saturated heterocycles. The number of amides is 1. The van der Waals surface area contributed by atoms with Gasteiger partial charge in [0.15, 0.2) is 0 Å². The third kappa shape index (κ3) is 3.68. The zero-order valence-electron chi connectivity index (χ0n) is 11.6. The molecule has 0 aromatic carbocycles. The van der Waals surface area contributed by atoms with Gasteiger partial charge in [0.2, 0.25) is 5.91 Å². The Morgan fingerprint density at radius 2 is 2.16 bits per heavy atom. The molecule has 1 N–H and O–H groups in total. The molecule has 0 bridgehead atoms. The number of carbonyl (C=O) groups is 1. The smallest absolute Gasteiger partial charge is 0.269 e. The van der Waals surface area contributed by atoms with Crippen molar-refractivity contribution >= 4 is 5.91 Å². The molecule has 5 heteroatoms. The van der Waals surface area contributed by atoms with E-state index in [1.807, 2.05) is 26.8 Å². The Hall–Kier alpha value is -2.09. The normalized spacial score (nSPS) is 10.3. The molecule has 102 valence electrons. The SMILES string of the molecule is CCCNC(=O)Cn1c(C(C)C)ccc(C#N)c1=O. The summed E-state index contributed by atoms with van der Waals surface area (Å²) in [6.45, 7) is 6.40. The predicted molar refractivity (Wildman–Crippen MR) is 72.8 cm³/mol. The predicted octanol–water partition coefficient (Wildman–Crippen LogP) is 1.37. The maximum Gasteiger partial charge on any atom is 0.269 e. The molecule has 1 amide bonds. The number of hydrogen-bond donors (Lipinski definition) is 1. The summed E-state index contributed by atoms with van der Waals surface area (Å²) in [4.78, 5) is 23.8. The monoisotopic (exact) mass is 261 g/mol. The second kappa shape index (κ2) is 6.74. The molecule has 1 aromatic rings. The van der Waals surface area contributed by atoms with Crippen LogP contribution in [0.3, 0.4) is 0 Å². The van der Waals surface area contributed by atoms with Crippen molar-refractivity contribution in [1.82, 2.24) is 9.88 Å². The van der Waals surface area contributed by atoms with Gasteiger partial charge in [0, 0.05) is 12.2 Å². The fourth-order valence-electron chi connectivity index (χ4n) is 1.81. The van der Waals surface area contributed by atoms with Crippen LogP contribution < -0.4 is 10.9 Å². The number of hydrogen-bond acceptors (Lipinski definition) is 3. The quantitative estimate of drug-likeness (QED) is 0.869. The van der Waals surface area contributed by atoms with Crippen molar-refractivity contribution in [3.05, 3.63) is 33.7 Å². The third-order valence-electron chi connectivity index (χ3n) is 2.79. The number of nitriles is 1. The van der Waals surface area contributed by atoms with Crippen LogP contribution >= 0.6 is 0 Å². The van der Waals surface area contributed by atoms with E-state index in [1.165, 1.54) is 10.6 Å². The first-order valence-corrected chi connectivity index (χ1v) is 6.41. The van der Waals surface area contributed by atoms with E-state index in [1.54, 1.807) is 6.07 Å². The van der Waals surface area contributed by atoms with E-state index in [9.17, 15) is 9.59 Å². The molecule has 0 spiro atoms. The molecule has 5 nitrogen and oxygen atoms in total. The summed E-state index contributed by atoms with van der Waals surface area (Å²) >= 11 is 0. The lowest BCUT2D eigenvalue weighted by molar-refractivity contribution is -0.121. The average molecular weight is 261 g/mol. The van der Waals surface area contributed by atoms with Crippen LogP contribution in [-0.4, -0.2) is 17.0 Å². The van der Waals surface area contributed by atoms with E-state index in [4.69, 9.17) is 5.26 Å². The Kier molecular flexibility index (Phi) is 5.31. The number of aromatic nitrogens is 1. The molecule has 0 aliphatic rings. The minimum absolute atomic E-state index is 0.0398. The minimum atomic E-state index is -0.402. The van der Waals surface area contributed by atoms with Crippen LogP contribution in [0, 0.1) is 11.3 Å². The highest BCUT2D eigenvalue weighted by atomic mass is 16.2. The highest BCUT2D eigenvalue weighted by Gasteiger charge is 2.13. The maximum atomic E-state index is 12.1. The fourth-order valence-corrected chi connectivity index (χ4v) is 1.81. The zero-order valence-corrected chi connectivity index (χ0v) is 11.6. The second-order valence-corrected chi connectivity index (χ2v) is 4.68. The van der Waals surface area contributed by atoms with Gasteiger partial charge in [-0.25, -0.2) is 0 Å². The summed E-state index contributed by atoms with van der Waals surface area (Å²) in [5.41, 5.74) is 0.420. The van der Waals surface area contributed by atoms with E-state index in [0.717, 1.165) is 12.1 Å². The average Bonchev–Trinajstić information content (AvgIpc) is 2.38. The topological polar surface area (TPSA) is 74.9 Å². The van der Waals surface area contributed by atoms with E-state index in [-0.39, 0.29) is 23.9 Å². The van der Waals surface area contributed by atoms with E-state index in [0.29, 0.717) is 6.54 Å². The van der Waals surface area contributed by atoms with Crippen LogP contribution in [-0.2, 0) is 11.3 Å². The van der Waals surface area contributed by atoms with E-state index >= 15 is 0 Å². The van der Waals surface area contributed by atoms with Crippen LogP contribution in [0.25, 0.3) is 0 Å².